The summed E-state index contributed by atoms with van der Waals surface area (Å²) < 4.78 is 13.8. The molecule has 0 atom stereocenters. The number of nitrogens with one attached hydrogen (secondary N) is 1. The molecule has 25 heavy (non-hydrogen) atoms. The lowest BCUT2D eigenvalue weighted by Gasteiger charge is -2.28. The van der Waals surface area contributed by atoms with E-state index in [-0.39, 0.29) is 11.6 Å². The summed E-state index contributed by atoms with van der Waals surface area (Å²) >= 11 is 5.73. The number of rotatable bonds is 4. The van der Waals surface area contributed by atoms with Crippen LogP contribution in [0.15, 0.2) is 42.5 Å². The zero-order valence-electron chi connectivity index (χ0n) is 14.4. The topological polar surface area (TPSA) is 29.1 Å². The third-order valence-electron chi connectivity index (χ3n) is 5.07. The van der Waals surface area contributed by atoms with Gasteiger partial charge in [-0.05, 0) is 68.2 Å². The van der Waals surface area contributed by atoms with E-state index >= 15 is 0 Å². The van der Waals surface area contributed by atoms with Gasteiger partial charge in [-0.25, -0.2) is 4.39 Å². The molecule has 1 amide bonds. The molecule has 1 fully saturated rings. The fourth-order valence-electron chi connectivity index (χ4n) is 3.59. The number of halogens is 2. The van der Waals surface area contributed by atoms with E-state index in [1.54, 1.807) is 6.07 Å². The van der Waals surface area contributed by atoms with E-state index < -0.39 is 5.82 Å². The first-order valence-corrected chi connectivity index (χ1v) is 9.20. The SMILES string of the molecule is Cc1ccc(C2CCC(CC(=O)Nc3ccc(Cl)cc3F)CC2)cc1. The summed E-state index contributed by atoms with van der Waals surface area (Å²) in [5, 5.41) is 2.99. The van der Waals surface area contributed by atoms with Crippen LogP contribution in [-0.4, -0.2) is 5.91 Å². The number of amides is 1. The van der Waals surface area contributed by atoms with Gasteiger partial charge in [0.15, 0.2) is 0 Å². The number of carbonyl (C=O) groups is 1. The fourth-order valence-corrected chi connectivity index (χ4v) is 3.75. The van der Waals surface area contributed by atoms with Crippen molar-refractivity contribution in [2.24, 2.45) is 5.92 Å². The monoisotopic (exact) mass is 359 g/mol. The molecular weight excluding hydrogens is 337 g/mol. The summed E-state index contributed by atoms with van der Waals surface area (Å²) in [5.41, 5.74) is 2.88. The zero-order valence-corrected chi connectivity index (χ0v) is 15.2. The lowest BCUT2D eigenvalue weighted by atomic mass is 9.77. The van der Waals surface area contributed by atoms with Crippen LogP contribution in [0.2, 0.25) is 5.02 Å². The fraction of sp³-hybridized carbons (Fsp3) is 0.381. The molecule has 0 aliphatic heterocycles. The molecule has 4 heteroatoms. The van der Waals surface area contributed by atoms with Gasteiger partial charge in [-0.2, -0.15) is 0 Å². The molecule has 2 nitrogen and oxygen atoms in total. The third kappa shape index (κ3) is 4.82. The maximum absolute atomic E-state index is 13.8. The standard InChI is InChI=1S/C21H23ClFNO/c1-14-2-6-16(7-3-14)17-8-4-15(5-9-17)12-21(25)24-20-11-10-18(22)13-19(20)23/h2-3,6-7,10-11,13,15,17H,4-5,8-9,12H2,1H3,(H,24,25). The van der Waals surface area contributed by atoms with Crippen LogP contribution in [0.4, 0.5) is 10.1 Å². The van der Waals surface area contributed by atoms with E-state index in [9.17, 15) is 9.18 Å². The lowest BCUT2D eigenvalue weighted by molar-refractivity contribution is -0.117. The molecule has 0 unspecified atom stereocenters. The second kappa shape index (κ2) is 8.01. The average Bonchev–Trinajstić information content (AvgIpc) is 2.59. The second-order valence-corrected chi connectivity index (χ2v) is 7.44. The molecule has 2 aromatic rings. The number of anilines is 1. The van der Waals surface area contributed by atoms with Crippen LogP contribution in [0, 0.1) is 18.7 Å². The summed E-state index contributed by atoms with van der Waals surface area (Å²) in [6, 6.07) is 13.1. The Morgan fingerprint density at radius 3 is 2.44 bits per heavy atom. The third-order valence-corrected chi connectivity index (χ3v) is 5.31. The van der Waals surface area contributed by atoms with Gasteiger partial charge >= 0.3 is 0 Å². The number of hydrogen-bond acceptors (Lipinski definition) is 1. The maximum atomic E-state index is 13.8. The Morgan fingerprint density at radius 2 is 1.80 bits per heavy atom. The molecular formula is C21H23ClFNO. The van der Waals surface area contributed by atoms with E-state index in [0.29, 0.717) is 23.3 Å². The van der Waals surface area contributed by atoms with E-state index in [0.717, 1.165) is 25.7 Å². The normalized spacial score (nSPS) is 20.3. The Kier molecular flexibility index (Phi) is 5.74. The van der Waals surface area contributed by atoms with Crippen molar-refractivity contribution in [3.63, 3.8) is 0 Å². The van der Waals surface area contributed by atoms with E-state index in [1.807, 2.05) is 0 Å². The minimum atomic E-state index is -0.496. The summed E-state index contributed by atoms with van der Waals surface area (Å²) in [6.07, 6.45) is 4.74. The molecule has 0 aromatic heterocycles. The minimum Gasteiger partial charge on any atom is -0.324 e. The van der Waals surface area contributed by atoms with E-state index in [2.05, 4.69) is 36.5 Å². The van der Waals surface area contributed by atoms with Crippen molar-refractivity contribution in [1.82, 2.24) is 0 Å². The first kappa shape index (κ1) is 17.9. The first-order chi connectivity index (χ1) is 12.0. The summed E-state index contributed by atoms with van der Waals surface area (Å²) in [7, 11) is 0. The van der Waals surface area contributed by atoms with Gasteiger partial charge in [0, 0.05) is 11.4 Å². The van der Waals surface area contributed by atoms with Crippen molar-refractivity contribution in [3.8, 4) is 0 Å². The van der Waals surface area contributed by atoms with Gasteiger partial charge in [-0.1, -0.05) is 41.4 Å². The van der Waals surface area contributed by atoms with Crippen LogP contribution in [0.3, 0.4) is 0 Å². The predicted molar refractivity (Wildman–Crippen MR) is 101 cm³/mol. The Bertz CT molecular complexity index is 736. The summed E-state index contributed by atoms with van der Waals surface area (Å²) in [6.45, 7) is 2.10. The highest BCUT2D eigenvalue weighted by atomic mass is 35.5. The summed E-state index contributed by atoms with van der Waals surface area (Å²) in [5.74, 6) is 0.342. The molecule has 3 rings (SSSR count). The van der Waals surface area contributed by atoms with Crippen LogP contribution in [-0.2, 0) is 4.79 Å². The molecule has 1 N–H and O–H groups in total. The Balaban J connectivity index is 1.50. The van der Waals surface area contributed by atoms with Crippen LogP contribution < -0.4 is 5.32 Å². The highest BCUT2D eigenvalue weighted by Crippen LogP contribution is 2.37. The molecule has 0 bridgehead atoms. The van der Waals surface area contributed by atoms with Gasteiger partial charge in [-0.15, -0.1) is 0 Å². The van der Waals surface area contributed by atoms with Crippen LogP contribution in [0.25, 0.3) is 0 Å². The van der Waals surface area contributed by atoms with Gasteiger partial charge in [0.25, 0.3) is 0 Å². The Labute approximate surface area is 153 Å². The quantitative estimate of drug-likeness (QED) is 0.703. The molecule has 1 aliphatic carbocycles. The molecule has 0 heterocycles. The number of benzene rings is 2. The molecule has 0 radical (unpaired) electrons. The Hall–Kier alpha value is -1.87. The van der Waals surface area contributed by atoms with Crippen molar-refractivity contribution < 1.29 is 9.18 Å². The zero-order chi connectivity index (χ0) is 17.8. The largest absolute Gasteiger partial charge is 0.324 e. The van der Waals surface area contributed by atoms with Gasteiger partial charge in [0.2, 0.25) is 5.91 Å². The van der Waals surface area contributed by atoms with Crippen molar-refractivity contribution in [1.29, 1.82) is 0 Å². The highest BCUT2D eigenvalue weighted by molar-refractivity contribution is 6.30. The number of aryl methyl sites for hydroxylation is 1. The van der Waals surface area contributed by atoms with Crippen LogP contribution in [0.5, 0.6) is 0 Å². The van der Waals surface area contributed by atoms with Crippen molar-refractivity contribution in [2.75, 3.05) is 5.32 Å². The lowest BCUT2D eigenvalue weighted by Crippen LogP contribution is -2.21. The molecule has 132 valence electrons. The predicted octanol–water partition coefficient (Wildman–Crippen LogP) is 6.09. The first-order valence-electron chi connectivity index (χ1n) is 8.82. The van der Waals surface area contributed by atoms with Gasteiger partial charge in [-0.3, -0.25) is 4.79 Å². The highest BCUT2D eigenvalue weighted by Gasteiger charge is 2.24. The van der Waals surface area contributed by atoms with Crippen LogP contribution >= 0.6 is 11.6 Å². The van der Waals surface area contributed by atoms with Gasteiger partial charge < -0.3 is 5.32 Å². The van der Waals surface area contributed by atoms with Crippen molar-refractivity contribution in [2.45, 2.75) is 44.9 Å². The molecule has 0 spiro atoms. The second-order valence-electron chi connectivity index (χ2n) is 7.00. The molecule has 1 aliphatic rings. The van der Waals surface area contributed by atoms with E-state index in [4.69, 9.17) is 11.6 Å². The summed E-state index contributed by atoms with van der Waals surface area (Å²) in [4.78, 5) is 12.2. The molecule has 1 saturated carbocycles. The molecule has 2 aromatic carbocycles. The smallest absolute Gasteiger partial charge is 0.224 e. The van der Waals surface area contributed by atoms with Crippen molar-refractivity contribution >= 4 is 23.2 Å². The Morgan fingerprint density at radius 1 is 1.12 bits per heavy atom. The van der Waals surface area contributed by atoms with E-state index in [1.165, 1.54) is 23.3 Å². The maximum Gasteiger partial charge on any atom is 0.224 e. The number of carbonyl (C=O) groups excluding carboxylic acids is 1. The van der Waals surface area contributed by atoms with Crippen LogP contribution in [0.1, 0.15) is 49.1 Å². The van der Waals surface area contributed by atoms with Gasteiger partial charge in [0.05, 0.1) is 5.69 Å². The number of hydrogen-bond donors (Lipinski definition) is 1. The average molecular weight is 360 g/mol. The molecule has 0 saturated heterocycles. The van der Waals surface area contributed by atoms with Gasteiger partial charge in [0.1, 0.15) is 5.82 Å². The minimum absolute atomic E-state index is 0.125. The van der Waals surface area contributed by atoms with Crippen molar-refractivity contribution in [3.05, 3.63) is 64.4 Å².